The third-order valence-electron chi connectivity index (χ3n) is 5.20. The lowest BCUT2D eigenvalue weighted by molar-refractivity contribution is 0.0784. The Hall–Kier alpha value is -3.22. The van der Waals surface area contributed by atoms with Gasteiger partial charge in [0.1, 0.15) is 11.4 Å². The Labute approximate surface area is 163 Å². The summed E-state index contributed by atoms with van der Waals surface area (Å²) in [6, 6.07) is 9.87. The highest BCUT2D eigenvalue weighted by atomic mass is 16.2. The van der Waals surface area contributed by atoms with E-state index in [9.17, 15) is 9.59 Å². The van der Waals surface area contributed by atoms with E-state index in [2.05, 4.69) is 15.1 Å². The first-order valence-electron chi connectivity index (χ1n) is 9.41. The topological polar surface area (TPSA) is 83.9 Å². The fraction of sp³-hybridized carbons (Fsp3) is 0.333. The molecule has 1 aliphatic rings. The van der Waals surface area contributed by atoms with Crippen LogP contribution < -0.4 is 5.56 Å². The lowest BCUT2D eigenvalue weighted by atomic mass is 10.1. The molecule has 1 N–H and O–H groups in total. The fourth-order valence-corrected chi connectivity index (χ4v) is 3.72. The molecular weight excluding hydrogens is 354 g/mol. The summed E-state index contributed by atoms with van der Waals surface area (Å²) in [5.74, 6) is 0.178. The van der Waals surface area contributed by atoms with Crippen molar-refractivity contribution in [2.45, 2.75) is 33.2 Å². The first kappa shape index (κ1) is 18.2. The molecule has 1 fully saturated rings. The van der Waals surface area contributed by atoms with Crippen LogP contribution in [-0.4, -0.2) is 43.6 Å². The van der Waals surface area contributed by atoms with Crippen LogP contribution in [0.1, 0.15) is 39.8 Å². The molecule has 3 heterocycles. The van der Waals surface area contributed by atoms with Crippen LogP contribution in [0.3, 0.4) is 0 Å². The van der Waals surface area contributed by atoms with E-state index in [1.807, 2.05) is 55.8 Å². The summed E-state index contributed by atoms with van der Waals surface area (Å²) in [5.41, 5.74) is 3.65. The molecule has 0 unspecified atom stereocenters. The largest absolute Gasteiger partial charge is 0.336 e. The Kier molecular flexibility index (Phi) is 4.58. The molecule has 1 aromatic carbocycles. The number of carbonyl (C=O) groups is 1. The minimum atomic E-state index is -0.412. The molecular formula is C21H23N5O2. The van der Waals surface area contributed by atoms with Gasteiger partial charge in [0.2, 0.25) is 0 Å². The van der Waals surface area contributed by atoms with Gasteiger partial charge in [0.25, 0.3) is 11.5 Å². The van der Waals surface area contributed by atoms with Crippen molar-refractivity contribution in [3.8, 4) is 11.4 Å². The summed E-state index contributed by atoms with van der Waals surface area (Å²) >= 11 is 0. The Balaban J connectivity index is 1.53. The molecule has 28 heavy (non-hydrogen) atoms. The SMILES string of the molecule is Cc1ccc(-c2ncc(C(=O)N3CC[C@H](n4nc(C)cc4C)C3)c(=O)[nH]2)cc1. The van der Waals surface area contributed by atoms with Crippen molar-refractivity contribution in [2.24, 2.45) is 0 Å². The van der Waals surface area contributed by atoms with E-state index >= 15 is 0 Å². The number of benzene rings is 1. The highest BCUT2D eigenvalue weighted by Crippen LogP contribution is 2.24. The lowest BCUT2D eigenvalue weighted by Crippen LogP contribution is -2.34. The Morgan fingerprint density at radius 1 is 1.18 bits per heavy atom. The van der Waals surface area contributed by atoms with Crippen LogP contribution >= 0.6 is 0 Å². The molecule has 4 rings (SSSR count). The molecule has 3 aromatic rings. The quantitative estimate of drug-likeness (QED) is 0.761. The normalized spacial score (nSPS) is 16.5. The van der Waals surface area contributed by atoms with Crippen molar-refractivity contribution in [3.63, 3.8) is 0 Å². The van der Waals surface area contributed by atoms with Gasteiger partial charge in [-0.2, -0.15) is 5.10 Å². The van der Waals surface area contributed by atoms with E-state index in [4.69, 9.17) is 0 Å². The predicted molar refractivity (Wildman–Crippen MR) is 106 cm³/mol. The number of nitrogens with one attached hydrogen (secondary N) is 1. The van der Waals surface area contributed by atoms with Gasteiger partial charge in [-0.1, -0.05) is 29.8 Å². The molecule has 7 heteroatoms. The number of H-pyrrole nitrogens is 1. The van der Waals surface area contributed by atoms with E-state index < -0.39 is 5.56 Å². The van der Waals surface area contributed by atoms with Gasteiger partial charge < -0.3 is 9.88 Å². The third-order valence-corrected chi connectivity index (χ3v) is 5.20. The van der Waals surface area contributed by atoms with Crippen LogP contribution in [0, 0.1) is 20.8 Å². The molecule has 0 radical (unpaired) electrons. The predicted octanol–water partition coefficient (Wildman–Crippen LogP) is 2.65. The molecule has 7 nitrogen and oxygen atoms in total. The summed E-state index contributed by atoms with van der Waals surface area (Å²) in [5, 5.41) is 4.53. The van der Waals surface area contributed by atoms with Crippen molar-refractivity contribution in [1.82, 2.24) is 24.6 Å². The second-order valence-electron chi connectivity index (χ2n) is 7.41. The summed E-state index contributed by atoms with van der Waals surface area (Å²) < 4.78 is 1.98. The van der Waals surface area contributed by atoms with Crippen molar-refractivity contribution in [1.29, 1.82) is 0 Å². The van der Waals surface area contributed by atoms with Crippen molar-refractivity contribution >= 4 is 5.91 Å². The first-order chi connectivity index (χ1) is 13.4. The number of amides is 1. The van der Waals surface area contributed by atoms with E-state index in [1.165, 1.54) is 6.20 Å². The Bertz CT molecular complexity index is 1080. The molecule has 1 saturated heterocycles. The van der Waals surface area contributed by atoms with Crippen molar-refractivity contribution in [2.75, 3.05) is 13.1 Å². The average Bonchev–Trinajstić information content (AvgIpc) is 3.28. The highest BCUT2D eigenvalue weighted by Gasteiger charge is 2.30. The van der Waals surface area contributed by atoms with Crippen molar-refractivity contribution < 1.29 is 4.79 Å². The maximum Gasteiger partial charge on any atom is 0.264 e. The van der Waals surface area contributed by atoms with Crippen LogP contribution in [0.2, 0.25) is 0 Å². The summed E-state index contributed by atoms with van der Waals surface area (Å²) in [6.07, 6.45) is 2.20. The first-order valence-corrected chi connectivity index (χ1v) is 9.41. The average molecular weight is 377 g/mol. The third kappa shape index (κ3) is 3.35. The van der Waals surface area contributed by atoms with Crippen LogP contribution in [-0.2, 0) is 0 Å². The molecule has 0 bridgehead atoms. The summed E-state index contributed by atoms with van der Waals surface area (Å²) in [7, 11) is 0. The summed E-state index contributed by atoms with van der Waals surface area (Å²) in [4.78, 5) is 34.1. The van der Waals surface area contributed by atoms with E-state index in [0.29, 0.717) is 18.9 Å². The standard InChI is InChI=1S/C21H23N5O2/c1-13-4-6-16(7-5-13)19-22-11-18(20(27)23-19)21(28)25-9-8-17(12-25)26-15(3)10-14(2)24-26/h4-7,10-11,17H,8-9,12H2,1-3H3,(H,22,23,27)/t17-/m0/s1. The van der Waals surface area contributed by atoms with Crippen molar-refractivity contribution in [3.05, 3.63) is 69.4 Å². The minimum Gasteiger partial charge on any atom is -0.336 e. The fourth-order valence-electron chi connectivity index (χ4n) is 3.72. The monoisotopic (exact) mass is 377 g/mol. The zero-order chi connectivity index (χ0) is 19.8. The number of rotatable bonds is 3. The number of aromatic amines is 1. The van der Waals surface area contributed by atoms with Crippen LogP contribution in [0.25, 0.3) is 11.4 Å². The molecule has 0 aliphatic carbocycles. The minimum absolute atomic E-state index is 0.0740. The number of hydrogen-bond donors (Lipinski definition) is 1. The van der Waals surface area contributed by atoms with Gasteiger partial charge in [0, 0.05) is 30.5 Å². The second-order valence-corrected chi connectivity index (χ2v) is 7.41. The number of nitrogens with zero attached hydrogens (tertiary/aromatic N) is 4. The smallest absolute Gasteiger partial charge is 0.264 e. The van der Waals surface area contributed by atoms with Gasteiger partial charge in [-0.25, -0.2) is 4.98 Å². The molecule has 1 atom stereocenters. The molecule has 1 aliphatic heterocycles. The van der Waals surface area contributed by atoms with Gasteiger partial charge in [-0.05, 0) is 33.3 Å². The molecule has 2 aromatic heterocycles. The van der Waals surface area contributed by atoms with Gasteiger partial charge in [-0.15, -0.1) is 0 Å². The number of aryl methyl sites for hydroxylation is 3. The lowest BCUT2D eigenvalue weighted by Gasteiger charge is -2.17. The number of hydrogen-bond acceptors (Lipinski definition) is 4. The molecule has 1 amide bonds. The van der Waals surface area contributed by atoms with E-state index in [1.54, 1.807) is 4.90 Å². The molecule has 0 saturated carbocycles. The maximum atomic E-state index is 12.9. The second kappa shape index (κ2) is 7.07. The number of aromatic nitrogens is 4. The van der Waals surface area contributed by atoms with Gasteiger partial charge in [0.05, 0.1) is 11.7 Å². The molecule has 144 valence electrons. The van der Waals surface area contributed by atoms with Crippen LogP contribution in [0.4, 0.5) is 0 Å². The van der Waals surface area contributed by atoms with Gasteiger partial charge in [0.15, 0.2) is 0 Å². The van der Waals surface area contributed by atoms with E-state index in [0.717, 1.165) is 28.9 Å². The Morgan fingerprint density at radius 2 is 1.93 bits per heavy atom. The number of carbonyl (C=O) groups excluding carboxylic acids is 1. The zero-order valence-corrected chi connectivity index (χ0v) is 16.3. The highest BCUT2D eigenvalue weighted by molar-refractivity contribution is 5.93. The maximum absolute atomic E-state index is 12.9. The van der Waals surface area contributed by atoms with Crippen LogP contribution in [0.5, 0.6) is 0 Å². The van der Waals surface area contributed by atoms with Crippen LogP contribution in [0.15, 0.2) is 41.3 Å². The van der Waals surface area contributed by atoms with Gasteiger partial charge >= 0.3 is 0 Å². The molecule has 0 spiro atoms. The zero-order valence-electron chi connectivity index (χ0n) is 16.3. The number of likely N-dealkylation sites (tertiary alicyclic amines) is 1. The Morgan fingerprint density at radius 3 is 2.57 bits per heavy atom. The summed E-state index contributed by atoms with van der Waals surface area (Å²) in [6.45, 7) is 7.11. The van der Waals surface area contributed by atoms with Gasteiger partial charge in [-0.3, -0.25) is 14.3 Å². The van der Waals surface area contributed by atoms with E-state index in [-0.39, 0.29) is 17.5 Å².